The van der Waals surface area contributed by atoms with E-state index in [9.17, 15) is 4.79 Å². The molecule has 0 radical (unpaired) electrons. The number of thioether (sulfide) groups is 1. The minimum Gasteiger partial charge on any atom is -0.353 e. The highest BCUT2D eigenvalue weighted by atomic mass is 32.2. The molecule has 2 atom stereocenters. The van der Waals surface area contributed by atoms with Crippen LogP contribution in [0.4, 0.5) is 0 Å². The first-order valence-electron chi connectivity index (χ1n) is 5.97. The van der Waals surface area contributed by atoms with E-state index in [1.54, 1.807) is 0 Å². The molecule has 3 nitrogen and oxygen atoms in total. The van der Waals surface area contributed by atoms with Crippen LogP contribution in [0.5, 0.6) is 0 Å². The maximum atomic E-state index is 11.9. The van der Waals surface area contributed by atoms with Crippen molar-refractivity contribution in [3.05, 3.63) is 35.9 Å². The third-order valence-corrected chi connectivity index (χ3v) is 4.37. The van der Waals surface area contributed by atoms with Crippen molar-refractivity contribution < 1.29 is 4.79 Å². The van der Waals surface area contributed by atoms with E-state index in [1.807, 2.05) is 42.1 Å². The summed E-state index contributed by atoms with van der Waals surface area (Å²) in [5.74, 6) is 1.13. The number of hydrogen-bond donors (Lipinski definition) is 2. The van der Waals surface area contributed by atoms with Gasteiger partial charge in [-0.2, -0.15) is 11.8 Å². The van der Waals surface area contributed by atoms with E-state index < -0.39 is 6.04 Å². The topological polar surface area (TPSA) is 55.1 Å². The molecule has 1 aliphatic rings. The molecule has 17 heavy (non-hydrogen) atoms. The van der Waals surface area contributed by atoms with Crippen LogP contribution in [0.15, 0.2) is 30.3 Å². The summed E-state index contributed by atoms with van der Waals surface area (Å²) in [6, 6.07) is 8.93. The molecular weight excluding hydrogens is 232 g/mol. The number of nitrogens with one attached hydrogen (secondary N) is 1. The normalized spacial score (nSPS) is 21.1. The molecule has 92 valence electrons. The van der Waals surface area contributed by atoms with Crippen molar-refractivity contribution in [1.82, 2.24) is 5.32 Å². The van der Waals surface area contributed by atoms with Crippen LogP contribution in [0.3, 0.4) is 0 Å². The lowest BCUT2D eigenvalue weighted by Gasteiger charge is -2.14. The molecule has 2 rings (SSSR count). The van der Waals surface area contributed by atoms with Crippen molar-refractivity contribution in [2.45, 2.75) is 24.1 Å². The number of rotatable bonds is 4. The van der Waals surface area contributed by atoms with E-state index in [0.29, 0.717) is 5.25 Å². The number of hydrogen-bond acceptors (Lipinski definition) is 3. The number of nitrogens with two attached hydrogens (primary N) is 1. The second-order valence-corrected chi connectivity index (χ2v) is 5.68. The Labute approximate surface area is 106 Å². The minimum atomic E-state index is -0.553. The molecule has 0 spiro atoms. The molecule has 0 aliphatic carbocycles. The zero-order valence-corrected chi connectivity index (χ0v) is 10.6. The Morgan fingerprint density at radius 2 is 2.24 bits per heavy atom. The first kappa shape index (κ1) is 12.5. The fourth-order valence-electron chi connectivity index (χ4n) is 1.94. The summed E-state index contributed by atoms with van der Waals surface area (Å²) < 4.78 is 0. The fraction of sp³-hybridized carbons (Fsp3) is 0.462. The van der Waals surface area contributed by atoms with Crippen LogP contribution in [0.25, 0.3) is 0 Å². The van der Waals surface area contributed by atoms with E-state index in [4.69, 9.17) is 5.73 Å². The summed E-state index contributed by atoms with van der Waals surface area (Å²) in [4.78, 5) is 11.9. The number of benzene rings is 1. The van der Waals surface area contributed by atoms with E-state index in [0.717, 1.165) is 12.1 Å². The van der Waals surface area contributed by atoms with Crippen molar-refractivity contribution in [1.29, 1.82) is 0 Å². The average molecular weight is 250 g/mol. The molecule has 1 aromatic rings. The Morgan fingerprint density at radius 1 is 1.47 bits per heavy atom. The van der Waals surface area contributed by atoms with Crippen molar-refractivity contribution in [2.24, 2.45) is 5.73 Å². The molecule has 1 aromatic carbocycles. The lowest BCUT2D eigenvalue weighted by atomic mass is 10.1. The van der Waals surface area contributed by atoms with Crippen molar-refractivity contribution in [3.8, 4) is 0 Å². The SMILES string of the molecule is NC(C(=O)NCC1CCCS1)c1ccccc1. The molecule has 1 fully saturated rings. The molecule has 2 unspecified atom stereocenters. The van der Waals surface area contributed by atoms with E-state index in [1.165, 1.54) is 18.6 Å². The molecule has 0 bridgehead atoms. The molecule has 1 heterocycles. The lowest BCUT2D eigenvalue weighted by Crippen LogP contribution is -2.37. The number of carbonyl (C=O) groups excluding carboxylic acids is 1. The van der Waals surface area contributed by atoms with Gasteiger partial charge in [-0.25, -0.2) is 0 Å². The van der Waals surface area contributed by atoms with Crippen molar-refractivity contribution >= 4 is 17.7 Å². The highest BCUT2D eigenvalue weighted by Crippen LogP contribution is 2.25. The maximum absolute atomic E-state index is 11.9. The maximum Gasteiger partial charge on any atom is 0.241 e. The molecule has 1 saturated heterocycles. The lowest BCUT2D eigenvalue weighted by molar-refractivity contribution is -0.122. The van der Waals surface area contributed by atoms with E-state index >= 15 is 0 Å². The summed E-state index contributed by atoms with van der Waals surface area (Å²) in [5.41, 5.74) is 6.77. The highest BCUT2D eigenvalue weighted by Gasteiger charge is 2.19. The number of carbonyl (C=O) groups is 1. The zero-order chi connectivity index (χ0) is 12.1. The molecule has 3 N–H and O–H groups in total. The van der Waals surface area contributed by atoms with Gasteiger partial charge in [0, 0.05) is 11.8 Å². The Bertz CT molecular complexity index is 363. The summed E-state index contributed by atoms with van der Waals surface area (Å²) in [6.07, 6.45) is 2.46. The number of amides is 1. The largest absolute Gasteiger partial charge is 0.353 e. The summed E-state index contributed by atoms with van der Waals surface area (Å²) >= 11 is 1.94. The van der Waals surface area contributed by atoms with E-state index in [2.05, 4.69) is 5.32 Å². The van der Waals surface area contributed by atoms with Crippen LogP contribution in [0.1, 0.15) is 24.4 Å². The van der Waals surface area contributed by atoms with Gasteiger partial charge in [-0.3, -0.25) is 4.79 Å². The van der Waals surface area contributed by atoms with Crippen LogP contribution < -0.4 is 11.1 Å². The van der Waals surface area contributed by atoms with Crippen LogP contribution in [0, 0.1) is 0 Å². The zero-order valence-electron chi connectivity index (χ0n) is 9.76. The molecule has 1 amide bonds. The predicted octanol–water partition coefficient (Wildman–Crippen LogP) is 1.70. The predicted molar refractivity (Wildman–Crippen MR) is 71.9 cm³/mol. The van der Waals surface area contributed by atoms with Gasteiger partial charge in [0.2, 0.25) is 5.91 Å². The molecule has 0 saturated carbocycles. The summed E-state index contributed by atoms with van der Waals surface area (Å²) in [5, 5.41) is 3.51. The van der Waals surface area contributed by atoms with Crippen molar-refractivity contribution in [2.75, 3.05) is 12.3 Å². The molecule has 4 heteroatoms. The van der Waals surface area contributed by atoms with Gasteiger partial charge in [0.25, 0.3) is 0 Å². The Hall–Kier alpha value is -1.00. The summed E-state index contributed by atoms with van der Waals surface area (Å²) in [6.45, 7) is 0.740. The first-order valence-corrected chi connectivity index (χ1v) is 7.02. The van der Waals surface area contributed by atoms with Crippen LogP contribution in [-0.2, 0) is 4.79 Å². The summed E-state index contributed by atoms with van der Waals surface area (Å²) in [7, 11) is 0. The van der Waals surface area contributed by atoms with Gasteiger partial charge < -0.3 is 11.1 Å². The molecule has 0 aromatic heterocycles. The first-order chi connectivity index (χ1) is 8.27. The van der Waals surface area contributed by atoms with Gasteiger partial charge in [-0.15, -0.1) is 0 Å². The monoisotopic (exact) mass is 250 g/mol. The van der Waals surface area contributed by atoms with Crippen LogP contribution in [0.2, 0.25) is 0 Å². The standard InChI is InChI=1S/C13H18N2OS/c14-12(10-5-2-1-3-6-10)13(16)15-9-11-7-4-8-17-11/h1-3,5-6,11-12H,4,7-9,14H2,(H,15,16). The Kier molecular flexibility index (Phi) is 4.45. The molecular formula is C13H18N2OS. The third-order valence-electron chi connectivity index (χ3n) is 2.97. The van der Waals surface area contributed by atoms with Gasteiger partial charge in [0.15, 0.2) is 0 Å². The van der Waals surface area contributed by atoms with Crippen LogP contribution in [-0.4, -0.2) is 23.5 Å². The average Bonchev–Trinajstić information content (AvgIpc) is 2.89. The van der Waals surface area contributed by atoms with Gasteiger partial charge >= 0.3 is 0 Å². The Morgan fingerprint density at radius 3 is 2.88 bits per heavy atom. The smallest absolute Gasteiger partial charge is 0.241 e. The van der Waals surface area contributed by atoms with Gasteiger partial charge in [-0.1, -0.05) is 30.3 Å². The van der Waals surface area contributed by atoms with Gasteiger partial charge in [0.1, 0.15) is 6.04 Å². The van der Waals surface area contributed by atoms with Gasteiger partial charge in [0.05, 0.1) is 0 Å². The second kappa shape index (κ2) is 6.07. The van der Waals surface area contributed by atoms with E-state index in [-0.39, 0.29) is 5.91 Å². The fourth-order valence-corrected chi connectivity index (χ4v) is 3.14. The molecule has 1 aliphatic heterocycles. The van der Waals surface area contributed by atoms with Crippen LogP contribution >= 0.6 is 11.8 Å². The Balaban J connectivity index is 1.83. The second-order valence-electron chi connectivity index (χ2n) is 4.27. The third kappa shape index (κ3) is 3.48. The minimum absolute atomic E-state index is 0.0799. The highest BCUT2D eigenvalue weighted by molar-refractivity contribution is 8.00. The van der Waals surface area contributed by atoms with Gasteiger partial charge in [-0.05, 0) is 24.2 Å². The van der Waals surface area contributed by atoms with Crippen molar-refractivity contribution in [3.63, 3.8) is 0 Å². The quantitative estimate of drug-likeness (QED) is 0.855.